The highest BCUT2D eigenvalue weighted by molar-refractivity contribution is 6.13. The zero-order chi connectivity index (χ0) is 47.8. The number of imide groups is 1. The van der Waals surface area contributed by atoms with Gasteiger partial charge in [-0.2, -0.15) is 0 Å². The third-order valence-electron chi connectivity index (χ3n) is 10.9. The first-order chi connectivity index (χ1) is 32.6. The van der Waals surface area contributed by atoms with Crippen molar-refractivity contribution in [2.24, 2.45) is 10.7 Å². The van der Waals surface area contributed by atoms with E-state index in [1.807, 2.05) is 19.9 Å². The van der Waals surface area contributed by atoms with Crippen molar-refractivity contribution in [2.75, 3.05) is 111 Å². The molecule has 5 amide bonds. The van der Waals surface area contributed by atoms with E-state index in [0.29, 0.717) is 152 Å². The van der Waals surface area contributed by atoms with Gasteiger partial charge in [0, 0.05) is 99.6 Å². The molecule has 364 valence electrons. The molecule has 19 heteroatoms. The van der Waals surface area contributed by atoms with Crippen LogP contribution in [0.3, 0.4) is 0 Å². The van der Waals surface area contributed by atoms with Gasteiger partial charge in [-0.05, 0) is 49.6 Å². The van der Waals surface area contributed by atoms with Crippen molar-refractivity contribution in [3.63, 3.8) is 0 Å². The van der Waals surface area contributed by atoms with Crippen LogP contribution in [0.25, 0.3) is 6.08 Å². The molecule has 0 atom stereocenters. The van der Waals surface area contributed by atoms with Crippen LogP contribution in [0, 0.1) is 0 Å². The van der Waals surface area contributed by atoms with E-state index in [1.165, 1.54) is 12.2 Å². The normalized spacial score (nSPS) is 14.4. The maximum absolute atomic E-state index is 13.4. The molecular formula is C48H65N7O12. The van der Waals surface area contributed by atoms with Crippen molar-refractivity contribution in [3.8, 4) is 0 Å². The lowest BCUT2D eigenvalue weighted by atomic mass is 10.0. The van der Waals surface area contributed by atoms with Crippen molar-refractivity contribution < 1.29 is 57.2 Å². The van der Waals surface area contributed by atoms with Crippen LogP contribution in [0.4, 0.5) is 11.4 Å². The topological polar surface area (TPSA) is 231 Å². The maximum atomic E-state index is 13.4. The van der Waals surface area contributed by atoms with Crippen molar-refractivity contribution >= 4 is 58.6 Å². The Morgan fingerprint density at radius 2 is 1.42 bits per heavy atom. The Morgan fingerprint density at radius 3 is 2.04 bits per heavy atom. The van der Waals surface area contributed by atoms with E-state index in [0.717, 1.165) is 22.6 Å². The number of amides is 5. The van der Waals surface area contributed by atoms with Crippen molar-refractivity contribution in [1.82, 2.24) is 19.7 Å². The summed E-state index contributed by atoms with van der Waals surface area (Å²) in [7, 11) is 0. The molecule has 1 aromatic carbocycles. The summed E-state index contributed by atoms with van der Waals surface area (Å²) in [5.41, 5.74) is 10.6. The van der Waals surface area contributed by atoms with E-state index < -0.39 is 0 Å². The molecule has 1 aromatic heterocycles. The van der Waals surface area contributed by atoms with Gasteiger partial charge in [-0.25, -0.2) is 4.99 Å². The predicted octanol–water partition coefficient (Wildman–Crippen LogP) is 3.41. The molecule has 3 aliphatic heterocycles. The van der Waals surface area contributed by atoms with Crippen LogP contribution in [-0.2, 0) is 65.4 Å². The highest BCUT2D eigenvalue weighted by Crippen LogP contribution is 2.29. The van der Waals surface area contributed by atoms with Gasteiger partial charge in [-0.1, -0.05) is 13.0 Å². The van der Waals surface area contributed by atoms with Gasteiger partial charge in [0.05, 0.1) is 96.7 Å². The van der Waals surface area contributed by atoms with E-state index in [1.54, 1.807) is 40.3 Å². The second kappa shape index (κ2) is 28.5. The van der Waals surface area contributed by atoms with E-state index in [-0.39, 0.29) is 67.7 Å². The number of carbonyl (C=O) groups excluding carboxylic acids is 6. The number of ether oxygens (including phenoxy) is 6. The highest BCUT2D eigenvalue weighted by Gasteiger charge is 2.25. The molecule has 0 spiro atoms. The molecule has 0 radical (unpaired) electrons. The van der Waals surface area contributed by atoms with Crippen LogP contribution in [0.15, 0.2) is 53.2 Å². The van der Waals surface area contributed by atoms with Crippen LogP contribution in [0.2, 0.25) is 0 Å². The summed E-state index contributed by atoms with van der Waals surface area (Å²) < 4.78 is 33.2. The molecule has 0 saturated heterocycles. The number of nitrogens with one attached hydrogen (secondary N) is 1. The molecule has 19 nitrogen and oxygen atoms in total. The summed E-state index contributed by atoms with van der Waals surface area (Å²) >= 11 is 0. The fraction of sp³-hybridized carbons (Fsp3) is 0.542. The molecule has 3 aliphatic rings. The van der Waals surface area contributed by atoms with Crippen molar-refractivity contribution in [3.05, 3.63) is 70.6 Å². The Kier molecular flexibility index (Phi) is 22.2. The van der Waals surface area contributed by atoms with Gasteiger partial charge in [0.15, 0.2) is 0 Å². The molecule has 4 heterocycles. The first-order valence-corrected chi connectivity index (χ1v) is 23.1. The number of nitrogens with two attached hydrogens (primary N) is 1. The van der Waals surface area contributed by atoms with E-state index in [2.05, 4.69) is 15.3 Å². The van der Waals surface area contributed by atoms with Gasteiger partial charge < -0.3 is 49.3 Å². The maximum Gasteiger partial charge on any atom is 0.255 e. The van der Waals surface area contributed by atoms with Gasteiger partial charge in [-0.15, -0.1) is 0 Å². The van der Waals surface area contributed by atoms with E-state index >= 15 is 0 Å². The average molecular weight is 932 g/mol. The Balaban J connectivity index is 0.851. The molecule has 0 aliphatic carbocycles. The summed E-state index contributed by atoms with van der Waals surface area (Å²) in [4.78, 5) is 88.3. The molecule has 0 fully saturated rings. The molecule has 2 aromatic rings. The molecule has 0 saturated carbocycles. The predicted molar refractivity (Wildman–Crippen MR) is 248 cm³/mol. The zero-order valence-electron chi connectivity index (χ0n) is 38.8. The number of fused-ring (bicyclic) bond motifs is 2. The van der Waals surface area contributed by atoms with Gasteiger partial charge in [0.2, 0.25) is 11.8 Å². The number of pyridine rings is 1. The molecule has 67 heavy (non-hydrogen) atoms. The number of nitrogens with zero attached hydrogens (tertiary/aromatic N) is 5. The zero-order valence-corrected chi connectivity index (χ0v) is 38.8. The van der Waals surface area contributed by atoms with Crippen molar-refractivity contribution in [1.29, 1.82) is 0 Å². The SMILES string of the molecule is CCCN(CC)C(=O)C1=Cc2ccc(C(=O)Nc3cnc4c(c3)CN(C(=O)CCOCCOCCOCCOCCOCCOCCCC(=O)CCN3C(=O)C=CC3=O)CC4)cc2N=C(N)C1. The Labute approximate surface area is 392 Å². The number of Topliss-reactive ketones (excluding diaryl/α,β-unsaturated/α-hetero) is 1. The third kappa shape index (κ3) is 17.5. The number of aromatic nitrogens is 1. The Hall–Kier alpha value is -5.70. The summed E-state index contributed by atoms with van der Waals surface area (Å²) in [5.74, 6) is -0.932. The minimum Gasteiger partial charge on any atom is -0.387 e. The number of ketones is 1. The smallest absolute Gasteiger partial charge is 0.255 e. The third-order valence-corrected chi connectivity index (χ3v) is 10.9. The molecule has 0 unspecified atom stereocenters. The van der Waals surface area contributed by atoms with Gasteiger partial charge in [0.25, 0.3) is 17.7 Å². The van der Waals surface area contributed by atoms with Gasteiger partial charge in [-0.3, -0.25) is 38.7 Å². The number of rotatable bonds is 31. The first kappa shape index (κ1) is 52.3. The number of aliphatic imine (C=N–C) groups is 1. The molecule has 3 N–H and O–H groups in total. The number of likely N-dealkylation sites (N-methyl/N-ethyl adjacent to an activating group) is 1. The van der Waals surface area contributed by atoms with Crippen LogP contribution < -0.4 is 11.1 Å². The molecular weight excluding hydrogens is 867 g/mol. The van der Waals surface area contributed by atoms with Crippen LogP contribution >= 0.6 is 0 Å². The van der Waals surface area contributed by atoms with E-state index in [9.17, 15) is 28.8 Å². The number of benzene rings is 1. The standard InChI is InChI=1S/C48H65N7O12/c1-3-14-53(4-2)48(61)37-29-35-7-8-36(31-42(35)52-43(49)32-37)47(60)51-39-30-38-34-54(15-12-41(38)50-33-39)44(57)13-18-63-20-22-65-24-26-67-28-27-66-25-23-64-21-19-62-17-5-6-40(56)11-16-55-45(58)9-10-46(55)59/h7-10,29-31,33H,3-6,11-28,32,34H2,1-2H3,(H2,49,52)(H,51,60). The lowest BCUT2D eigenvalue weighted by molar-refractivity contribution is -0.137. The lowest BCUT2D eigenvalue weighted by Crippen LogP contribution is -2.36. The Bertz CT molecular complexity index is 2090. The number of anilines is 1. The number of hydrogen-bond acceptors (Lipinski definition) is 15. The quantitative estimate of drug-likeness (QED) is 0.0816. The largest absolute Gasteiger partial charge is 0.387 e. The minimum absolute atomic E-state index is 0.0182. The fourth-order valence-corrected chi connectivity index (χ4v) is 7.36. The molecule has 5 rings (SSSR count). The van der Waals surface area contributed by atoms with Gasteiger partial charge >= 0.3 is 0 Å². The Morgan fingerprint density at radius 1 is 0.791 bits per heavy atom. The second-order valence-electron chi connectivity index (χ2n) is 15.9. The van der Waals surface area contributed by atoms with Crippen LogP contribution in [0.5, 0.6) is 0 Å². The average Bonchev–Trinajstić information content (AvgIpc) is 3.54. The monoisotopic (exact) mass is 931 g/mol. The summed E-state index contributed by atoms with van der Waals surface area (Å²) in [6.45, 7) is 11.0. The number of hydrogen-bond donors (Lipinski definition) is 2. The lowest BCUT2D eigenvalue weighted by Gasteiger charge is -2.28. The van der Waals surface area contributed by atoms with Crippen LogP contribution in [0.1, 0.15) is 79.6 Å². The van der Waals surface area contributed by atoms with Crippen molar-refractivity contribution in [2.45, 2.75) is 65.3 Å². The summed E-state index contributed by atoms with van der Waals surface area (Å²) in [5, 5.41) is 2.92. The second-order valence-corrected chi connectivity index (χ2v) is 15.9. The number of carbonyl (C=O) groups is 6. The van der Waals surface area contributed by atoms with E-state index in [4.69, 9.17) is 34.2 Å². The fourth-order valence-electron chi connectivity index (χ4n) is 7.36. The van der Waals surface area contributed by atoms with Crippen LogP contribution in [-0.4, -0.2) is 166 Å². The number of amidine groups is 1. The van der Waals surface area contributed by atoms with Gasteiger partial charge in [0.1, 0.15) is 11.6 Å². The minimum atomic E-state index is -0.381. The molecule has 0 bridgehead atoms. The summed E-state index contributed by atoms with van der Waals surface area (Å²) in [6.07, 6.45) is 8.78. The highest BCUT2D eigenvalue weighted by atomic mass is 16.6. The summed E-state index contributed by atoms with van der Waals surface area (Å²) in [6, 6.07) is 6.97. The first-order valence-electron chi connectivity index (χ1n) is 23.1.